The number of rotatable bonds is 4. The van der Waals surface area contributed by atoms with E-state index in [1.807, 2.05) is 49.3 Å². The molecule has 1 aromatic heterocycles. The van der Waals surface area contributed by atoms with Gasteiger partial charge in [-0.15, -0.1) is 24.0 Å². The van der Waals surface area contributed by atoms with Gasteiger partial charge in [0, 0.05) is 19.8 Å². The van der Waals surface area contributed by atoms with Gasteiger partial charge in [0.25, 0.3) is 0 Å². The van der Waals surface area contributed by atoms with E-state index in [1.165, 1.54) is 11.1 Å². The molecule has 3 N–H and O–H groups in total. The number of anilines is 2. The van der Waals surface area contributed by atoms with Crippen LogP contribution in [0.1, 0.15) is 16.8 Å². The lowest BCUT2D eigenvalue weighted by molar-refractivity contribution is 0.958. The molecule has 0 aliphatic rings. The molecule has 0 saturated heterocycles. The van der Waals surface area contributed by atoms with E-state index in [1.54, 1.807) is 0 Å². The molecule has 0 radical (unpaired) electrons. The summed E-state index contributed by atoms with van der Waals surface area (Å²) in [6, 6.07) is 12.1. The van der Waals surface area contributed by atoms with Crippen LogP contribution in [0, 0.1) is 13.8 Å². The normalized spacial score (nSPS) is 10.9. The quantitative estimate of drug-likeness (QED) is 0.448. The SMILES string of the molecule is Cc1cc(C)cc(NC(N)=NCc2cccc(N(C)C)n2)c1.I. The van der Waals surface area contributed by atoms with Gasteiger partial charge in [-0.2, -0.15) is 0 Å². The number of hydrogen-bond acceptors (Lipinski definition) is 3. The van der Waals surface area contributed by atoms with Gasteiger partial charge in [0.1, 0.15) is 5.82 Å². The van der Waals surface area contributed by atoms with E-state index < -0.39 is 0 Å². The maximum Gasteiger partial charge on any atom is 0.193 e. The van der Waals surface area contributed by atoms with Crippen molar-refractivity contribution in [2.75, 3.05) is 24.3 Å². The number of nitrogens with zero attached hydrogens (tertiary/aromatic N) is 3. The Morgan fingerprint density at radius 3 is 2.43 bits per heavy atom. The van der Waals surface area contributed by atoms with Gasteiger partial charge in [0.05, 0.1) is 12.2 Å². The molecule has 1 heterocycles. The van der Waals surface area contributed by atoms with Crippen molar-refractivity contribution in [1.82, 2.24) is 4.98 Å². The van der Waals surface area contributed by atoms with Crippen LogP contribution in [0.25, 0.3) is 0 Å². The van der Waals surface area contributed by atoms with Crippen molar-refractivity contribution in [3.05, 3.63) is 53.2 Å². The van der Waals surface area contributed by atoms with Gasteiger partial charge < -0.3 is 16.0 Å². The Labute approximate surface area is 155 Å². The zero-order valence-corrected chi connectivity index (χ0v) is 16.3. The minimum Gasteiger partial charge on any atom is -0.370 e. The summed E-state index contributed by atoms with van der Waals surface area (Å²) in [5.74, 6) is 1.30. The summed E-state index contributed by atoms with van der Waals surface area (Å²) in [6.45, 7) is 4.57. The number of halogens is 1. The monoisotopic (exact) mass is 425 g/mol. The smallest absolute Gasteiger partial charge is 0.193 e. The summed E-state index contributed by atoms with van der Waals surface area (Å²) in [4.78, 5) is 10.8. The van der Waals surface area contributed by atoms with Crippen LogP contribution in [0.5, 0.6) is 0 Å². The summed E-state index contributed by atoms with van der Waals surface area (Å²) in [7, 11) is 3.93. The Morgan fingerprint density at radius 2 is 1.83 bits per heavy atom. The first kappa shape index (κ1) is 19.2. The first-order valence-electron chi connectivity index (χ1n) is 7.22. The molecule has 0 atom stereocenters. The van der Waals surface area contributed by atoms with E-state index in [4.69, 9.17) is 5.73 Å². The number of guanidine groups is 1. The van der Waals surface area contributed by atoms with Crippen LogP contribution in [0.3, 0.4) is 0 Å². The van der Waals surface area contributed by atoms with Gasteiger partial charge in [-0.05, 0) is 49.2 Å². The molecule has 2 rings (SSSR count). The highest BCUT2D eigenvalue weighted by molar-refractivity contribution is 14.0. The minimum absolute atomic E-state index is 0. The van der Waals surface area contributed by atoms with E-state index in [2.05, 4.69) is 35.2 Å². The third-order valence-electron chi connectivity index (χ3n) is 3.16. The van der Waals surface area contributed by atoms with Crippen molar-refractivity contribution >= 4 is 41.4 Å². The molecular formula is C17H24IN5. The van der Waals surface area contributed by atoms with E-state index >= 15 is 0 Å². The molecule has 0 amide bonds. The van der Waals surface area contributed by atoms with Gasteiger partial charge in [-0.3, -0.25) is 0 Å². The fourth-order valence-corrected chi connectivity index (χ4v) is 2.20. The van der Waals surface area contributed by atoms with Crippen molar-refractivity contribution in [2.45, 2.75) is 20.4 Å². The third kappa shape index (κ3) is 6.05. The van der Waals surface area contributed by atoms with Crippen molar-refractivity contribution < 1.29 is 0 Å². The molecule has 124 valence electrons. The molecule has 0 spiro atoms. The standard InChI is InChI=1S/C17H23N5.HI/c1-12-8-13(2)10-15(9-12)21-17(18)19-11-14-6-5-7-16(20-14)22(3)4;/h5-10H,11H2,1-4H3,(H3,18,19,21);1H. The van der Waals surface area contributed by atoms with Crippen LogP contribution in [0.2, 0.25) is 0 Å². The Bertz CT molecular complexity index is 662. The number of aromatic nitrogens is 1. The second-order valence-corrected chi connectivity index (χ2v) is 5.58. The summed E-state index contributed by atoms with van der Waals surface area (Å²) >= 11 is 0. The first-order chi connectivity index (χ1) is 10.4. The molecule has 0 aliphatic carbocycles. The minimum atomic E-state index is 0. The molecule has 0 unspecified atom stereocenters. The molecular weight excluding hydrogens is 401 g/mol. The highest BCUT2D eigenvalue weighted by atomic mass is 127. The average Bonchev–Trinajstić information content (AvgIpc) is 2.44. The molecule has 0 saturated carbocycles. The van der Waals surface area contributed by atoms with Gasteiger partial charge >= 0.3 is 0 Å². The number of aliphatic imine (C=N–C) groups is 1. The van der Waals surface area contributed by atoms with E-state index in [9.17, 15) is 0 Å². The predicted molar refractivity (Wildman–Crippen MR) is 109 cm³/mol. The number of pyridine rings is 1. The highest BCUT2D eigenvalue weighted by Crippen LogP contribution is 2.13. The molecule has 6 heteroatoms. The van der Waals surface area contributed by atoms with Crippen molar-refractivity contribution in [3.8, 4) is 0 Å². The second-order valence-electron chi connectivity index (χ2n) is 5.58. The van der Waals surface area contributed by atoms with E-state index in [0.717, 1.165) is 17.2 Å². The van der Waals surface area contributed by atoms with Gasteiger partial charge in [0.15, 0.2) is 5.96 Å². The van der Waals surface area contributed by atoms with Crippen LogP contribution < -0.4 is 16.0 Å². The van der Waals surface area contributed by atoms with Crippen LogP contribution in [0.4, 0.5) is 11.5 Å². The average molecular weight is 425 g/mol. The zero-order valence-electron chi connectivity index (χ0n) is 14.0. The molecule has 2 aromatic rings. The number of nitrogens with two attached hydrogens (primary N) is 1. The van der Waals surface area contributed by atoms with Crippen molar-refractivity contribution in [2.24, 2.45) is 10.7 Å². The zero-order chi connectivity index (χ0) is 16.1. The predicted octanol–water partition coefficient (Wildman–Crippen LogP) is 3.31. The Balaban J connectivity index is 0.00000264. The largest absolute Gasteiger partial charge is 0.370 e. The lowest BCUT2D eigenvalue weighted by Crippen LogP contribution is -2.22. The van der Waals surface area contributed by atoms with Crippen LogP contribution in [-0.4, -0.2) is 25.0 Å². The fraction of sp³-hybridized carbons (Fsp3) is 0.294. The number of benzene rings is 1. The maximum atomic E-state index is 5.95. The lowest BCUT2D eigenvalue weighted by atomic mass is 10.1. The topological polar surface area (TPSA) is 66.5 Å². The Hall–Kier alpha value is -1.83. The third-order valence-corrected chi connectivity index (χ3v) is 3.16. The number of aryl methyl sites for hydroxylation is 2. The van der Waals surface area contributed by atoms with Crippen LogP contribution in [0.15, 0.2) is 41.4 Å². The van der Waals surface area contributed by atoms with Gasteiger partial charge in [-0.1, -0.05) is 12.1 Å². The summed E-state index contributed by atoms with van der Waals surface area (Å²) in [5.41, 5.74) is 10.2. The Kier molecular flexibility index (Phi) is 7.28. The van der Waals surface area contributed by atoms with Crippen molar-refractivity contribution in [3.63, 3.8) is 0 Å². The second kappa shape index (κ2) is 8.71. The summed E-state index contributed by atoms with van der Waals surface area (Å²) < 4.78 is 0. The fourth-order valence-electron chi connectivity index (χ4n) is 2.20. The molecule has 0 aliphatic heterocycles. The molecule has 23 heavy (non-hydrogen) atoms. The van der Waals surface area contributed by atoms with Gasteiger partial charge in [0.2, 0.25) is 0 Å². The summed E-state index contributed by atoms with van der Waals surface area (Å²) in [5, 5.41) is 3.12. The molecule has 0 bridgehead atoms. The number of hydrogen-bond donors (Lipinski definition) is 2. The van der Waals surface area contributed by atoms with E-state index in [-0.39, 0.29) is 24.0 Å². The molecule has 0 fully saturated rings. The Morgan fingerprint density at radius 1 is 1.17 bits per heavy atom. The maximum absolute atomic E-state index is 5.95. The molecule has 1 aromatic carbocycles. The van der Waals surface area contributed by atoms with Crippen LogP contribution >= 0.6 is 24.0 Å². The van der Waals surface area contributed by atoms with Crippen molar-refractivity contribution in [1.29, 1.82) is 0 Å². The first-order valence-corrected chi connectivity index (χ1v) is 7.22. The molecule has 5 nitrogen and oxygen atoms in total. The number of nitrogens with one attached hydrogen (secondary N) is 1. The van der Waals surface area contributed by atoms with Gasteiger partial charge in [-0.25, -0.2) is 9.98 Å². The highest BCUT2D eigenvalue weighted by Gasteiger charge is 2.01. The van der Waals surface area contributed by atoms with Crippen LogP contribution in [-0.2, 0) is 6.54 Å². The lowest BCUT2D eigenvalue weighted by Gasteiger charge is -2.11. The summed E-state index contributed by atoms with van der Waals surface area (Å²) in [6.07, 6.45) is 0. The van der Waals surface area contributed by atoms with E-state index in [0.29, 0.717) is 12.5 Å².